The Morgan fingerprint density at radius 2 is 1.69 bits per heavy atom. The largest absolute Gasteiger partial charge is 0.458 e. The van der Waals surface area contributed by atoms with Crippen LogP contribution in [0.2, 0.25) is 0 Å². The number of aldehydes is 1. The molecule has 0 fully saturated rings. The van der Waals surface area contributed by atoms with Crippen LogP contribution in [0.4, 0.5) is 0 Å². The minimum absolute atomic E-state index is 0.213. The summed E-state index contributed by atoms with van der Waals surface area (Å²) in [4.78, 5) is 22.1. The molecule has 1 aromatic heterocycles. The normalized spacial score (nSPS) is 13.1. The number of nitrogens with zero attached hydrogens (tertiary/aromatic N) is 1. The van der Waals surface area contributed by atoms with Crippen LogP contribution in [-0.2, 0) is 0 Å². The van der Waals surface area contributed by atoms with E-state index in [9.17, 15) is 14.9 Å². The van der Waals surface area contributed by atoms with Gasteiger partial charge in [-0.15, -0.1) is 0 Å². The van der Waals surface area contributed by atoms with E-state index in [1.807, 2.05) is 61.5 Å². The van der Waals surface area contributed by atoms with Gasteiger partial charge in [0.25, 0.3) is 0 Å². The molecule has 5 nitrogen and oxygen atoms in total. The monoisotopic (exact) mass is 349 g/mol. The Kier molecular flexibility index (Phi) is 5.27. The first-order valence-corrected chi connectivity index (χ1v) is 8.36. The van der Waals surface area contributed by atoms with Crippen molar-refractivity contribution in [1.82, 2.24) is 0 Å². The Morgan fingerprint density at radius 3 is 2.27 bits per heavy atom. The highest BCUT2D eigenvalue weighted by molar-refractivity contribution is 5.70. The summed E-state index contributed by atoms with van der Waals surface area (Å²) in [7, 11) is 0. The predicted octanol–water partition coefficient (Wildman–Crippen LogP) is 4.59. The molecule has 0 spiro atoms. The van der Waals surface area contributed by atoms with Gasteiger partial charge in [-0.3, -0.25) is 14.9 Å². The lowest BCUT2D eigenvalue weighted by Crippen LogP contribution is -2.21. The highest BCUT2D eigenvalue weighted by Gasteiger charge is 2.32. The third-order valence-corrected chi connectivity index (χ3v) is 4.48. The molecule has 5 heteroatoms. The van der Waals surface area contributed by atoms with E-state index in [1.54, 1.807) is 12.1 Å². The molecule has 0 saturated carbocycles. The lowest BCUT2D eigenvalue weighted by atomic mass is 9.79. The molecule has 0 radical (unpaired) electrons. The van der Waals surface area contributed by atoms with E-state index in [4.69, 9.17) is 4.42 Å². The number of hydrogen-bond acceptors (Lipinski definition) is 4. The highest BCUT2D eigenvalue weighted by Crippen LogP contribution is 2.39. The van der Waals surface area contributed by atoms with Crippen molar-refractivity contribution in [1.29, 1.82) is 0 Å². The molecule has 2 aromatic carbocycles. The molecule has 0 aliphatic carbocycles. The van der Waals surface area contributed by atoms with E-state index in [0.29, 0.717) is 12.0 Å². The van der Waals surface area contributed by atoms with Crippen LogP contribution in [0.15, 0.2) is 71.1 Å². The van der Waals surface area contributed by atoms with Crippen LogP contribution in [-0.4, -0.2) is 17.8 Å². The molecule has 0 N–H and O–H groups in total. The number of aryl methyl sites for hydroxylation is 1. The number of benzene rings is 2. The van der Waals surface area contributed by atoms with Gasteiger partial charge >= 0.3 is 0 Å². The molecule has 1 heterocycles. The van der Waals surface area contributed by atoms with E-state index in [2.05, 4.69) is 0 Å². The zero-order valence-corrected chi connectivity index (χ0v) is 14.4. The fraction of sp³-hybridized carbons (Fsp3) is 0.190. The maximum atomic E-state index is 11.4. The summed E-state index contributed by atoms with van der Waals surface area (Å²) in [5, 5.41) is 11.4. The number of furan rings is 1. The molecular formula is C21H19NO4. The molecule has 0 bridgehead atoms. The molecule has 0 amide bonds. The third-order valence-electron chi connectivity index (χ3n) is 4.48. The Bertz CT molecular complexity index is 884. The minimum Gasteiger partial charge on any atom is -0.458 e. The second-order valence-corrected chi connectivity index (χ2v) is 6.28. The summed E-state index contributed by atoms with van der Waals surface area (Å²) in [6, 6.07) is 20.6. The van der Waals surface area contributed by atoms with Crippen LogP contribution in [0.1, 0.15) is 44.8 Å². The van der Waals surface area contributed by atoms with Gasteiger partial charge in [0.15, 0.2) is 12.0 Å². The SMILES string of the molecule is Cc1ccc([C@@H](c2ccc(C=O)o2)[C@@H](C[N+](=O)[O-])c2ccccc2)cc1. The fourth-order valence-corrected chi connectivity index (χ4v) is 3.23. The molecule has 132 valence electrons. The van der Waals surface area contributed by atoms with Crippen molar-refractivity contribution in [3.05, 3.63) is 105 Å². The predicted molar refractivity (Wildman–Crippen MR) is 98.2 cm³/mol. The molecule has 0 unspecified atom stereocenters. The van der Waals surface area contributed by atoms with Gasteiger partial charge in [-0.1, -0.05) is 60.2 Å². The van der Waals surface area contributed by atoms with Crippen LogP contribution in [0.5, 0.6) is 0 Å². The summed E-state index contributed by atoms with van der Waals surface area (Å²) in [5.74, 6) is -0.0201. The number of hydrogen-bond donors (Lipinski definition) is 0. The molecule has 0 aliphatic rings. The fourth-order valence-electron chi connectivity index (χ4n) is 3.23. The van der Waals surface area contributed by atoms with Gasteiger partial charge in [0.1, 0.15) is 5.76 Å². The van der Waals surface area contributed by atoms with Crippen molar-refractivity contribution in [3.63, 3.8) is 0 Å². The van der Waals surface area contributed by atoms with Crippen molar-refractivity contribution < 1.29 is 14.1 Å². The van der Waals surface area contributed by atoms with Crippen LogP contribution in [0.25, 0.3) is 0 Å². The maximum Gasteiger partial charge on any atom is 0.211 e. The summed E-state index contributed by atoms with van der Waals surface area (Å²) >= 11 is 0. The van der Waals surface area contributed by atoms with Gasteiger partial charge < -0.3 is 4.42 Å². The Balaban J connectivity index is 2.13. The summed E-state index contributed by atoms with van der Waals surface area (Å²) in [6.45, 7) is 1.75. The number of rotatable bonds is 7. The van der Waals surface area contributed by atoms with Crippen molar-refractivity contribution in [2.75, 3.05) is 6.54 Å². The first kappa shape index (κ1) is 17.6. The molecule has 26 heavy (non-hydrogen) atoms. The van der Waals surface area contributed by atoms with E-state index in [0.717, 1.165) is 16.7 Å². The molecule has 2 atom stereocenters. The lowest BCUT2D eigenvalue weighted by molar-refractivity contribution is -0.483. The van der Waals surface area contributed by atoms with Crippen molar-refractivity contribution in [3.8, 4) is 0 Å². The quantitative estimate of drug-likeness (QED) is 0.355. The summed E-state index contributed by atoms with van der Waals surface area (Å²) < 4.78 is 5.67. The Labute approximate surface area is 151 Å². The highest BCUT2D eigenvalue weighted by atomic mass is 16.6. The average molecular weight is 349 g/mol. The third kappa shape index (κ3) is 3.88. The van der Waals surface area contributed by atoms with Crippen molar-refractivity contribution in [2.24, 2.45) is 0 Å². The van der Waals surface area contributed by atoms with Gasteiger partial charge in [-0.25, -0.2) is 0 Å². The van der Waals surface area contributed by atoms with Crippen molar-refractivity contribution >= 4 is 6.29 Å². The number of carbonyl (C=O) groups excluding carboxylic acids is 1. The maximum absolute atomic E-state index is 11.4. The molecule has 3 rings (SSSR count). The first-order valence-electron chi connectivity index (χ1n) is 8.36. The Morgan fingerprint density at radius 1 is 1.00 bits per heavy atom. The molecule has 0 aliphatic heterocycles. The van der Waals surface area contributed by atoms with Gasteiger partial charge in [0, 0.05) is 4.92 Å². The smallest absolute Gasteiger partial charge is 0.211 e. The van der Waals surface area contributed by atoms with Crippen molar-refractivity contribution in [2.45, 2.75) is 18.8 Å². The van der Waals surface area contributed by atoms with Crippen LogP contribution in [0, 0.1) is 17.0 Å². The van der Waals surface area contributed by atoms with Crippen LogP contribution in [0.3, 0.4) is 0 Å². The second-order valence-electron chi connectivity index (χ2n) is 6.28. The van der Waals surface area contributed by atoms with E-state index in [-0.39, 0.29) is 23.1 Å². The summed E-state index contributed by atoms with van der Waals surface area (Å²) in [6.07, 6.45) is 0.640. The zero-order valence-electron chi connectivity index (χ0n) is 14.4. The van der Waals surface area contributed by atoms with Crippen LogP contribution >= 0.6 is 0 Å². The molecule has 3 aromatic rings. The minimum atomic E-state index is -0.417. The average Bonchev–Trinajstić information content (AvgIpc) is 3.12. The van der Waals surface area contributed by atoms with Crippen LogP contribution < -0.4 is 0 Å². The van der Waals surface area contributed by atoms with Gasteiger partial charge in [-0.2, -0.15) is 0 Å². The topological polar surface area (TPSA) is 73.3 Å². The zero-order chi connectivity index (χ0) is 18.5. The van der Waals surface area contributed by atoms with E-state index >= 15 is 0 Å². The summed E-state index contributed by atoms with van der Waals surface area (Å²) in [5.41, 5.74) is 2.88. The molecule has 0 saturated heterocycles. The lowest BCUT2D eigenvalue weighted by Gasteiger charge is -2.24. The van der Waals surface area contributed by atoms with Gasteiger partial charge in [0.2, 0.25) is 6.54 Å². The Hall–Kier alpha value is -3.21. The molecular weight excluding hydrogens is 330 g/mol. The number of nitro groups is 1. The van der Waals surface area contributed by atoms with E-state index in [1.165, 1.54) is 0 Å². The number of carbonyl (C=O) groups is 1. The van der Waals surface area contributed by atoms with E-state index < -0.39 is 5.92 Å². The first-order chi connectivity index (χ1) is 12.6. The van der Waals surface area contributed by atoms with Gasteiger partial charge in [0.05, 0.1) is 11.8 Å². The second kappa shape index (κ2) is 7.78. The standard InChI is InChI=1S/C21H19NO4/c1-15-7-9-17(10-8-15)21(20-12-11-18(14-23)26-20)19(13-22(24)25)16-5-3-2-4-6-16/h2-12,14,19,21H,13H2,1H3/t19-,21+/m0/s1. The van der Waals surface area contributed by atoms with Gasteiger partial charge in [-0.05, 0) is 30.2 Å².